The summed E-state index contributed by atoms with van der Waals surface area (Å²) in [4.78, 5) is 20.9. The predicted octanol–water partition coefficient (Wildman–Crippen LogP) is 3.87. The fourth-order valence-corrected chi connectivity index (χ4v) is 3.16. The number of carbonyl (C=O) groups excluding carboxylic acids is 1. The van der Waals surface area contributed by atoms with Gasteiger partial charge in [-0.05, 0) is 42.3 Å². The van der Waals surface area contributed by atoms with Crippen LogP contribution in [-0.4, -0.2) is 53.6 Å². The zero-order valence-electron chi connectivity index (χ0n) is 15.5. The van der Waals surface area contributed by atoms with Crippen molar-refractivity contribution in [1.82, 2.24) is 14.8 Å². The van der Waals surface area contributed by atoms with Crippen molar-refractivity contribution in [3.05, 3.63) is 53.3 Å². The van der Waals surface area contributed by atoms with Crippen LogP contribution in [0.15, 0.2) is 42.7 Å². The van der Waals surface area contributed by atoms with E-state index in [0.717, 1.165) is 26.1 Å². The number of rotatable bonds is 6. The Hall–Kier alpha value is -2.31. The van der Waals surface area contributed by atoms with Gasteiger partial charge in [-0.2, -0.15) is 0 Å². The first-order chi connectivity index (χ1) is 13.2. The van der Waals surface area contributed by atoms with Gasteiger partial charge in [-0.1, -0.05) is 18.5 Å². The lowest BCUT2D eigenvalue weighted by Crippen LogP contribution is -2.49. The number of benzene rings is 1. The molecule has 1 aromatic carbocycles. The number of halogens is 1. The summed E-state index contributed by atoms with van der Waals surface area (Å²) in [6.07, 6.45) is 4.51. The van der Waals surface area contributed by atoms with Gasteiger partial charge in [-0.25, -0.2) is 4.79 Å². The van der Waals surface area contributed by atoms with Gasteiger partial charge in [0, 0.05) is 50.1 Å². The zero-order valence-corrected chi connectivity index (χ0v) is 16.3. The zero-order chi connectivity index (χ0) is 19.1. The summed E-state index contributed by atoms with van der Waals surface area (Å²) in [6, 6.07) is 9.21. The van der Waals surface area contributed by atoms with Crippen LogP contribution in [0.2, 0.25) is 5.02 Å². The second-order valence-electron chi connectivity index (χ2n) is 6.54. The van der Waals surface area contributed by atoms with E-state index in [9.17, 15) is 4.79 Å². The second kappa shape index (κ2) is 9.58. The third-order valence-electron chi connectivity index (χ3n) is 4.46. The molecule has 1 fully saturated rings. The molecule has 0 bridgehead atoms. The summed E-state index contributed by atoms with van der Waals surface area (Å²) in [6.45, 7) is 6.55. The molecule has 7 heteroatoms. The highest BCUT2D eigenvalue weighted by atomic mass is 35.5. The second-order valence-corrected chi connectivity index (χ2v) is 6.97. The summed E-state index contributed by atoms with van der Waals surface area (Å²) in [5.74, 6) is 0.644. The highest BCUT2D eigenvalue weighted by Gasteiger charge is 2.22. The normalized spacial score (nSPS) is 14.8. The molecule has 1 aromatic heterocycles. The van der Waals surface area contributed by atoms with E-state index in [-0.39, 0.29) is 6.03 Å². The van der Waals surface area contributed by atoms with Gasteiger partial charge in [0.05, 0.1) is 12.3 Å². The largest absolute Gasteiger partial charge is 0.491 e. The number of nitrogens with zero attached hydrogens (tertiary/aromatic N) is 3. The number of carbonyl (C=O) groups is 1. The van der Waals surface area contributed by atoms with E-state index in [4.69, 9.17) is 16.3 Å². The van der Waals surface area contributed by atoms with Crippen molar-refractivity contribution in [2.24, 2.45) is 0 Å². The maximum absolute atomic E-state index is 12.7. The Kier molecular flexibility index (Phi) is 6.90. The minimum atomic E-state index is -0.123. The van der Waals surface area contributed by atoms with E-state index in [1.54, 1.807) is 18.2 Å². The SMILES string of the molecule is CCCOc1ccc(Cl)cc1NC(=O)N1CCN(Cc2ccncc2)CC1. The summed E-state index contributed by atoms with van der Waals surface area (Å²) in [5, 5.41) is 3.51. The number of aromatic nitrogens is 1. The molecule has 27 heavy (non-hydrogen) atoms. The molecule has 0 radical (unpaired) electrons. The molecule has 0 unspecified atom stereocenters. The molecule has 2 heterocycles. The number of hydrogen-bond acceptors (Lipinski definition) is 4. The van der Waals surface area contributed by atoms with Crippen molar-refractivity contribution >= 4 is 23.3 Å². The monoisotopic (exact) mass is 388 g/mol. The van der Waals surface area contributed by atoms with Crippen molar-refractivity contribution in [3.63, 3.8) is 0 Å². The van der Waals surface area contributed by atoms with Gasteiger partial charge in [0.15, 0.2) is 0 Å². The third-order valence-corrected chi connectivity index (χ3v) is 4.70. The van der Waals surface area contributed by atoms with Crippen molar-refractivity contribution in [1.29, 1.82) is 0 Å². The number of piperazine rings is 1. The molecule has 6 nitrogen and oxygen atoms in total. The average Bonchev–Trinajstić information content (AvgIpc) is 2.69. The van der Waals surface area contributed by atoms with Crippen molar-refractivity contribution in [2.75, 3.05) is 38.1 Å². The Morgan fingerprint density at radius 3 is 2.63 bits per heavy atom. The Balaban J connectivity index is 1.54. The number of hydrogen-bond donors (Lipinski definition) is 1. The molecule has 0 atom stereocenters. The first-order valence-electron chi connectivity index (χ1n) is 9.25. The van der Waals surface area contributed by atoms with Gasteiger partial charge in [-0.3, -0.25) is 9.88 Å². The van der Waals surface area contributed by atoms with Crippen molar-refractivity contribution < 1.29 is 9.53 Å². The molecule has 0 saturated carbocycles. The van der Waals surface area contributed by atoms with Gasteiger partial charge >= 0.3 is 6.03 Å². The minimum Gasteiger partial charge on any atom is -0.491 e. The van der Waals surface area contributed by atoms with Crippen LogP contribution in [0.3, 0.4) is 0 Å². The average molecular weight is 389 g/mol. The Morgan fingerprint density at radius 1 is 1.19 bits per heavy atom. The van der Waals surface area contributed by atoms with Gasteiger partial charge < -0.3 is 15.0 Å². The number of anilines is 1. The maximum Gasteiger partial charge on any atom is 0.322 e. The van der Waals surface area contributed by atoms with Crippen LogP contribution in [0.25, 0.3) is 0 Å². The molecule has 144 valence electrons. The first kappa shape index (κ1) is 19.5. The summed E-state index contributed by atoms with van der Waals surface area (Å²) >= 11 is 6.08. The number of urea groups is 1. The summed E-state index contributed by atoms with van der Waals surface area (Å²) in [7, 11) is 0. The van der Waals surface area contributed by atoms with Gasteiger partial charge in [0.1, 0.15) is 5.75 Å². The minimum absolute atomic E-state index is 0.123. The molecule has 1 saturated heterocycles. The highest BCUT2D eigenvalue weighted by molar-refractivity contribution is 6.31. The topological polar surface area (TPSA) is 57.7 Å². The van der Waals surface area contributed by atoms with Gasteiger partial charge in [0.25, 0.3) is 0 Å². The number of nitrogens with one attached hydrogen (secondary N) is 1. The molecule has 2 aromatic rings. The summed E-state index contributed by atoms with van der Waals surface area (Å²) < 4.78 is 5.71. The van der Waals surface area contributed by atoms with Gasteiger partial charge in [-0.15, -0.1) is 0 Å². The molecule has 0 aliphatic carbocycles. The maximum atomic E-state index is 12.7. The van der Waals surface area contributed by atoms with Crippen LogP contribution in [-0.2, 0) is 6.54 Å². The van der Waals surface area contributed by atoms with E-state index >= 15 is 0 Å². The third kappa shape index (κ3) is 5.58. The van der Waals surface area contributed by atoms with Crippen LogP contribution in [0, 0.1) is 0 Å². The van der Waals surface area contributed by atoms with E-state index < -0.39 is 0 Å². The van der Waals surface area contributed by atoms with Crippen LogP contribution < -0.4 is 10.1 Å². The lowest BCUT2D eigenvalue weighted by molar-refractivity contribution is 0.143. The standard InChI is InChI=1S/C20H25ClN4O2/c1-2-13-27-19-4-3-17(21)14-18(19)23-20(26)25-11-9-24(10-12-25)15-16-5-7-22-8-6-16/h3-8,14H,2,9-13,15H2,1H3,(H,23,26). The smallest absolute Gasteiger partial charge is 0.322 e. The van der Waals surface area contributed by atoms with Crippen LogP contribution in [0.4, 0.5) is 10.5 Å². The van der Waals surface area contributed by atoms with Crippen molar-refractivity contribution in [3.8, 4) is 5.75 Å². The predicted molar refractivity (Wildman–Crippen MR) is 107 cm³/mol. The first-order valence-corrected chi connectivity index (χ1v) is 9.63. The lowest BCUT2D eigenvalue weighted by Gasteiger charge is -2.34. The van der Waals surface area contributed by atoms with E-state index in [2.05, 4.69) is 15.2 Å². The van der Waals surface area contributed by atoms with E-state index in [1.165, 1.54) is 5.56 Å². The molecule has 2 amide bonds. The van der Waals surface area contributed by atoms with Crippen LogP contribution >= 0.6 is 11.6 Å². The summed E-state index contributed by atoms with van der Waals surface area (Å²) in [5.41, 5.74) is 1.85. The molecule has 1 aliphatic heterocycles. The van der Waals surface area contributed by atoms with Gasteiger partial charge in [0.2, 0.25) is 0 Å². The Labute approximate surface area is 165 Å². The number of pyridine rings is 1. The quantitative estimate of drug-likeness (QED) is 0.816. The molecule has 3 rings (SSSR count). The Morgan fingerprint density at radius 2 is 1.93 bits per heavy atom. The molecule has 1 aliphatic rings. The van der Waals surface area contributed by atoms with E-state index in [0.29, 0.717) is 36.2 Å². The number of ether oxygens (including phenoxy) is 1. The highest BCUT2D eigenvalue weighted by Crippen LogP contribution is 2.28. The fourth-order valence-electron chi connectivity index (χ4n) is 2.99. The van der Waals surface area contributed by atoms with Crippen molar-refractivity contribution in [2.45, 2.75) is 19.9 Å². The van der Waals surface area contributed by atoms with E-state index in [1.807, 2.05) is 36.4 Å². The fraction of sp³-hybridized carbons (Fsp3) is 0.400. The Bertz CT molecular complexity index is 749. The molecular formula is C20H25ClN4O2. The van der Waals surface area contributed by atoms with Crippen LogP contribution in [0.1, 0.15) is 18.9 Å². The lowest BCUT2D eigenvalue weighted by atomic mass is 10.2. The van der Waals surface area contributed by atoms with Crippen LogP contribution in [0.5, 0.6) is 5.75 Å². The number of amides is 2. The molecule has 0 spiro atoms. The molecule has 1 N–H and O–H groups in total. The molecular weight excluding hydrogens is 364 g/mol.